The molecule has 4 fully saturated rings. The predicted octanol–water partition coefficient (Wildman–Crippen LogP) is 8.66. The summed E-state index contributed by atoms with van der Waals surface area (Å²) in [5.41, 5.74) is 5.38. The number of hydrogen-bond acceptors (Lipinski definition) is 24. The monoisotopic (exact) mass is 1620 g/mol. The van der Waals surface area contributed by atoms with Crippen molar-refractivity contribution in [3.8, 4) is 45.6 Å². The summed E-state index contributed by atoms with van der Waals surface area (Å²) in [5.74, 6) is -0.218. The van der Waals surface area contributed by atoms with E-state index in [2.05, 4.69) is 94.7 Å². The summed E-state index contributed by atoms with van der Waals surface area (Å²) in [6, 6.07) is 12.4. The fraction of sp³-hybridized carbons (Fsp3) is 0.338. The number of pyridine rings is 4. The molecule has 4 aliphatic heterocycles. The van der Waals surface area contributed by atoms with Crippen LogP contribution in [0.25, 0.3) is 89.7 Å². The summed E-state index contributed by atoms with van der Waals surface area (Å²) >= 11 is 1.46. The van der Waals surface area contributed by atoms with Crippen LogP contribution in [0.1, 0.15) is 25.7 Å². The van der Waals surface area contributed by atoms with Gasteiger partial charge in [0.05, 0.1) is 19.0 Å². The first-order valence-electron chi connectivity index (χ1n) is 34.4. The number of H-pyrrole nitrogens is 4. The van der Waals surface area contributed by atoms with Crippen LogP contribution in [-0.4, -0.2) is 237 Å². The number of nitrogens with zero attached hydrogens (tertiary/aromatic N) is 19. The normalized spacial score (nSPS) is 18.5. The van der Waals surface area contributed by atoms with Crippen LogP contribution in [0.3, 0.4) is 0 Å². The number of rotatable bonds is 16. The molecule has 0 bridgehead atoms. The molecule has 46 heteroatoms. The Bertz CT molecular complexity index is 5070. The fourth-order valence-electron chi connectivity index (χ4n) is 12.8. The summed E-state index contributed by atoms with van der Waals surface area (Å²) in [4.78, 5) is 130. The average molecular weight is 1620 g/mol. The zero-order valence-electron chi connectivity index (χ0n) is 58.6. The number of nitrogens with one attached hydrogen (secondary N) is 8. The molecule has 8 N–H and O–H groups in total. The van der Waals surface area contributed by atoms with Crippen LogP contribution in [0.15, 0.2) is 129 Å². The number of amides is 4. The van der Waals surface area contributed by atoms with Gasteiger partial charge in [-0.25, -0.2) is 68.6 Å². The topological polar surface area (TPSA) is 386 Å². The zero-order chi connectivity index (χ0) is 80.6. The lowest BCUT2D eigenvalue weighted by Crippen LogP contribution is -2.47. The first kappa shape index (κ1) is 79.4. The predicted molar refractivity (Wildman–Crippen MR) is 383 cm³/mol. The van der Waals surface area contributed by atoms with E-state index in [1.165, 1.54) is 40.5 Å². The third-order valence-electron chi connectivity index (χ3n) is 17.8. The highest BCUT2D eigenvalue weighted by atomic mass is 32.2. The second-order valence-electron chi connectivity index (χ2n) is 25.6. The van der Waals surface area contributed by atoms with Gasteiger partial charge in [-0.2, -0.15) is 67.6 Å². The molecule has 16 heterocycles. The van der Waals surface area contributed by atoms with Crippen molar-refractivity contribution in [2.75, 3.05) is 77.0 Å². The Morgan fingerprint density at radius 2 is 0.746 bits per heavy atom. The summed E-state index contributed by atoms with van der Waals surface area (Å²) in [6.45, 7) is -5.62. The maximum Gasteiger partial charge on any atom is 0.405 e. The quantitative estimate of drug-likeness (QED) is 0.0419. The maximum atomic E-state index is 14.0. The van der Waals surface area contributed by atoms with Crippen molar-refractivity contribution in [1.29, 1.82) is 0 Å². The van der Waals surface area contributed by atoms with Gasteiger partial charge in [0.1, 0.15) is 110 Å². The highest BCUT2D eigenvalue weighted by Gasteiger charge is 2.43. The highest BCUT2D eigenvalue weighted by molar-refractivity contribution is 7.99. The highest BCUT2D eigenvalue weighted by Crippen LogP contribution is 2.35. The minimum absolute atomic E-state index is 0.0144. The van der Waals surface area contributed by atoms with E-state index in [0.717, 1.165) is 32.7 Å². The van der Waals surface area contributed by atoms with Crippen molar-refractivity contribution in [3.63, 3.8) is 0 Å². The maximum absolute atomic E-state index is 14.0. The first-order chi connectivity index (χ1) is 54.5. The lowest BCUT2D eigenvalue weighted by atomic mass is 10.2. The Kier molecular flexibility index (Phi) is 23.5. The van der Waals surface area contributed by atoms with Gasteiger partial charge < -0.3 is 60.8 Å². The fourth-order valence-corrected chi connectivity index (χ4v) is 13.9. The van der Waals surface area contributed by atoms with Crippen LogP contribution in [0.5, 0.6) is 0 Å². The van der Waals surface area contributed by atoms with Gasteiger partial charge in [-0.1, -0.05) is 0 Å². The molecule has 0 aliphatic carbocycles. The minimum Gasteiger partial charge on any atom is -0.345 e. The van der Waals surface area contributed by atoms with Gasteiger partial charge in [-0.15, -0.1) is 11.8 Å². The van der Waals surface area contributed by atoms with Crippen molar-refractivity contribution >= 4 is 103 Å². The molecule has 31 nitrogen and oxygen atoms in total. The number of carbonyl (C=O) groups is 4. The summed E-state index contributed by atoms with van der Waals surface area (Å²) in [7, 11) is 0. The number of halogens is 14. The Hall–Kier alpha value is -12.7. The zero-order valence-corrected chi connectivity index (χ0v) is 59.4. The van der Waals surface area contributed by atoms with Crippen LogP contribution in [0.4, 0.5) is 85.1 Å². The van der Waals surface area contributed by atoms with Gasteiger partial charge in [-0.3, -0.25) is 19.2 Å². The number of hydrogen-bond donors (Lipinski definition) is 8. The molecular formula is C68H61F14N27O4S. The number of alkyl halides is 14. The van der Waals surface area contributed by atoms with E-state index in [0.29, 0.717) is 82.2 Å². The molecule has 0 spiro atoms. The van der Waals surface area contributed by atoms with Crippen LogP contribution in [0.2, 0.25) is 0 Å². The van der Waals surface area contributed by atoms with Crippen LogP contribution < -0.4 is 40.9 Å². The van der Waals surface area contributed by atoms with Gasteiger partial charge in [-0.05, 0) is 67.4 Å². The Morgan fingerprint density at radius 3 is 1.11 bits per heavy atom. The molecule has 16 rings (SSSR count). The lowest BCUT2D eigenvalue weighted by Gasteiger charge is -2.24. The van der Waals surface area contributed by atoms with E-state index >= 15 is 0 Å². The molecule has 4 aliphatic rings. The van der Waals surface area contributed by atoms with Crippen LogP contribution >= 0.6 is 11.8 Å². The van der Waals surface area contributed by atoms with Gasteiger partial charge in [0, 0.05) is 125 Å². The molecule has 12 aromatic rings. The SMILES string of the molecule is O=C(NCC(F)(F)F)[C@@H]1CSCN1c1ccnc(-c2c[nH]c3ncccc23)n1.O=C(NCC(F)(F)F)[C@@H]1C[C@H](F)CN1c1ncnc(-c2c[nH]c3ncccc23)n1.O=C(NCC(F)(F)F)[C@H]1CCCN1c1ncnc(-c2c[nH]c3ncccc23)n1.O=C(NCC(F)(F)F)[C@H]1C[C@H](F)CN1c1ncnc(-c2c[nH]c3ncccc23)n1. The second kappa shape index (κ2) is 33.7. The van der Waals surface area contributed by atoms with E-state index in [4.69, 9.17) is 0 Å². The molecule has 0 aromatic carbocycles. The summed E-state index contributed by atoms with van der Waals surface area (Å²) in [5, 5.41) is 10.7. The number of aromatic amines is 4. The van der Waals surface area contributed by atoms with Crippen molar-refractivity contribution < 1.29 is 80.6 Å². The molecule has 0 unspecified atom stereocenters. The van der Waals surface area contributed by atoms with E-state index in [1.807, 2.05) is 41.0 Å². The largest absolute Gasteiger partial charge is 0.405 e. The molecule has 12 aromatic heterocycles. The summed E-state index contributed by atoms with van der Waals surface area (Å²) in [6.07, 6.45) is -1.51. The lowest BCUT2D eigenvalue weighted by molar-refractivity contribution is -0.139. The second-order valence-corrected chi connectivity index (χ2v) is 26.6. The first-order valence-corrected chi connectivity index (χ1v) is 35.5. The number of thioether (sulfide) groups is 1. The minimum atomic E-state index is -4.56. The van der Waals surface area contributed by atoms with Gasteiger partial charge in [0.25, 0.3) is 0 Å². The smallest absolute Gasteiger partial charge is 0.345 e. The molecule has 0 radical (unpaired) electrons. The van der Waals surface area contributed by atoms with Crippen molar-refractivity contribution in [2.24, 2.45) is 0 Å². The van der Waals surface area contributed by atoms with E-state index in [-0.39, 0.29) is 55.4 Å². The molecule has 6 atom stereocenters. The average Bonchev–Trinajstić information content (AvgIpc) is 1.63. The molecule has 4 saturated heterocycles. The van der Waals surface area contributed by atoms with Gasteiger partial charge in [0.15, 0.2) is 23.3 Å². The molecule has 596 valence electrons. The number of aromatic nitrogens is 19. The molecule has 4 amide bonds. The Morgan fingerprint density at radius 1 is 0.404 bits per heavy atom. The number of fused-ring (bicyclic) bond motifs is 4. The van der Waals surface area contributed by atoms with E-state index < -0.39 is 111 Å². The molecular weight excluding hydrogens is 1560 g/mol. The summed E-state index contributed by atoms with van der Waals surface area (Å²) < 4.78 is 177. The third kappa shape index (κ3) is 19.3. The van der Waals surface area contributed by atoms with Crippen LogP contribution in [0, 0.1) is 0 Å². The Balaban J connectivity index is 0.000000133. The molecule has 114 heavy (non-hydrogen) atoms. The number of carbonyl (C=O) groups excluding carboxylic acids is 4. The third-order valence-corrected chi connectivity index (χ3v) is 18.9. The van der Waals surface area contributed by atoms with Gasteiger partial charge >= 0.3 is 24.7 Å². The van der Waals surface area contributed by atoms with Crippen molar-refractivity contribution in [1.82, 2.24) is 116 Å². The molecule has 0 saturated carbocycles. The standard InChI is InChI=1S/2C17H15F4N7O.C17H16F3N7O.C17H15F3N6OS/c2*18-9-4-12(15(29)24-7-17(19,20)21)28(6-9)16-26-8-25-14(27-16)11-5-23-13-10(11)2-1-3-22-13;18-17(19,20)8-23-15(28)12-4-2-6-27(12)16-25-9-24-14(26-16)11-7-22-13-10(11)3-1-5-21-13;18-17(19,20)8-24-16(27)12-7-28-9-26(12)13-3-5-22-15(25-13)11-6-23-14-10(11)2-1-4-21-14/h2*1-3,5,8-9,12H,4,6-7H2,(H,22,23)(H,24,29);1,3,5,7,9,12H,2,4,6,8H2,(H,21,22)(H,23,28);1-6,12H,7-9H2,(H,21,23)(H,24,27)/t9-,12+;9-,12-;2*12-/m0010/s1. The van der Waals surface area contributed by atoms with E-state index in [9.17, 15) is 80.6 Å². The van der Waals surface area contributed by atoms with Crippen LogP contribution in [-0.2, 0) is 19.2 Å². The number of anilines is 4. The van der Waals surface area contributed by atoms with Gasteiger partial charge in [0.2, 0.25) is 41.5 Å². The van der Waals surface area contributed by atoms with Crippen molar-refractivity contribution in [2.45, 2.75) is 86.9 Å². The van der Waals surface area contributed by atoms with Crippen molar-refractivity contribution in [3.05, 3.63) is 129 Å². The van der Waals surface area contributed by atoms with E-state index in [1.54, 1.807) is 100 Å². The Labute approximate surface area is 636 Å².